The molecule has 1 amide bonds. The standard InChI is InChI=1S/C21H22N2O2S/c1-2-25-19-10-8-16(9-11-19)14-20(24)22-13-12-18-15-26-21(23-18)17-6-4-3-5-7-17/h3-11,15H,2,12-14H2,1H3,(H,22,24). The van der Waals surface area contributed by atoms with Gasteiger partial charge in [0, 0.05) is 23.9 Å². The Morgan fingerprint density at radius 1 is 1.12 bits per heavy atom. The maximum atomic E-state index is 12.1. The Balaban J connectivity index is 1.44. The molecule has 26 heavy (non-hydrogen) atoms. The summed E-state index contributed by atoms with van der Waals surface area (Å²) in [5.41, 5.74) is 3.12. The van der Waals surface area contributed by atoms with Crippen LogP contribution in [0.2, 0.25) is 0 Å². The minimum atomic E-state index is 0.0210. The van der Waals surface area contributed by atoms with Gasteiger partial charge in [0.05, 0.1) is 18.7 Å². The summed E-state index contributed by atoms with van der Waals surface area (Å²) in [5.74, 6) is 0.849. The molecule has 0 saturated carbocycles. The van der Waals surface area contributed by atoms with E-state index in [0.29, 0.717) is 19.6 Å². The molecule has 0 aliphatic carbocycles. The molecule has 0 fully saturated rings. The van der Waals surface area contributed by atoms with E-state index in [1.807, 2.05) is 49.4 Å². The van der Waals surface area contributed by atoms with Crippen LogP contribution in [0.3, 0.4) is 0 Å². The lowest BCUT2D eigenvalue weighted by Gasteiger charge is -2.06. The number of amides is 1. The molecule has 0 radical (unpaired) electrons. The monoisotopic (exact) mass is 366 g/mol. The zero-order valence-electron chi connectivity index (χ0n) is 14.8. The Morgan fingerprint density at radius 3 is 2.62 bits per heavy atom. The van der Waals surface area contributed by atoms with Crippen LogP contribution in [0.1, 0.15) is 18.2 Å². The molecule has 0 spiro atoms. The molecule has 0 aliphatic rings. The molecule has 3 aromatic rings. The van der Waals surface area contributed by atoms with E-state index >= 15 is 0 Å². The van der Waals surface area contributed by atoms with Crippen LogP contribution < -0.4 is 10.1 Å². The first-order valence-electron chi connectivity index (χ1n) is 8.73. The molecule has 3 rings (SSSR count). The number of thiazole rings is 1. The van der Waals surface area contributed by atoms with Gasteiger partial charge >= 0.3 is 0 Å². The highest BCUT2D eigenvalue weighted by Gasteiger charge is 2.06. The van der Waals surface area contributed by atoms with Gasteiger partial charge in [-0.3, -0.25) is 4.79 Å². The van der Waals surface area contributed by atoms with E-state index in [9.17, 15) is 4.79 Å². The SMILES string of the molecule is CCOc1ccc(CC(=O)NCCc2csc(-c3ccccc3)n2)cc1. The maximum Gasteiger partial charge on any atom is 0.224 e. The van der Waals surface area contributed by atoms with Crippen LogP contribution in [0.5, 0.6) is 5.75 Å². The number of rotatable bonds is 8. The normalized spacial score (nSPS) is 10.5. The summed E-state index contributed by atoms with van der Waals surface area (Å²) in [6.07, 6.45) is 1.11. The van der Waals surface area contributed by atoms with Crippen LogP contribution in [0.25, 0.3) is 10.6 Å². The molecular weight excluding hydrogens is 344 g/mol. The van der Waals surface area contributed by atoms with Gasteiger partial charge < -0.3 is 10.1 Å². The van der Waals surface area contributed by atoms with E-state index in [1.165, 1.54) is 0 Å². The summed E-state index contributed by atoms with van der Waals surface area (Å²) < 4.78 is 5.41. The zero-order chi connectivity index (χ0) is 18.2. The molecular formula is C21H22N2O2S. The number of hydrogen-bond acceptors (Lipinski definition) is 4. The van der Waals surface area contributed by atoms with Crippen molar-refractivity contribution in [1.82, 2.24) is 10.3 Å². The topological polar surface area (TPSA) is 51.2 Å². The number of nitrogens with zero attached hydrogens (tertiary/aromatic N) is 1. The lowest BCUT2D eigenvalue weighted by Crippen LogP contribution is -2.27. The third-order valence-electron chi connectivity index (χ3n) is 3.87. The Hall–Kier alpha value is -2.66. The third-order valence-corrected chi connectivity index (χ3v) is 4.82. The largest absolute Gasteiger partial charge is 0.494 e. The van der Waals surface area contributed by atoms with Gasteiger partial charge in [-0.25, -0.2) is 4.98 Å². The lowest BCUT2D eigenvalue weighted by atomic mass is 10.1. The molecule has 2 aromatic carbocycles. The highest BCUT2D eigenvalue weighted by Crippen LogP contribution is 2.23. The Kier molecular flexibility index (Phi) is 6.39. The van der Waals surface area contributed by atoms with Crippen molar-refractivity contribution < 1.29 is 9.53 Å². The van der Waals surface area contributed by atoms with Crippen LogP contribution in [-0.4, -0.2) is 24.0 Å². The van der Waals surface area contributed by atoms with Gasteiger partial charge in [0.2, 0.25) is 5.91 Å². The summed E-state index contributed by atoms with van der Waals surface area (Å²) in [4.78, 5) is 16.7. The Bertz CT molecular complexity index is 829. The molecule has 134 valence electrons. The number of ether oxygens (including phenoxy) is 1. The van der Waals surface area contributed by atoms with Crippen molar-refractivity contribution in [3.8, 4) is 16.3 Å². The number of hydrogen-bond donors (Lipinski definition) is 1. The van der Waals surface area contributed by atoms with Crippen molar-refractivity contribution in [3.63, 3.8) is 0 Å². The fraction of sp³-hybridized carbons (Fsp3) is 0.238. The summed E-state index contributed by atoms with van der Waals surface area (Å²) in [6, 6.07) is 17.8. The van der Waals surface area contributed by atoms with Gasteiger partial charge in [-0.05, 0) is 24.6 Å². The van der Waals surface area contributed by atoms with E-state index in [0.717, 1.165) is 34.0 Å². The first-order chi connectivity index (χ1) is 12.7. The van der Waals surface area contributed by atoms with Crippen molar-refractivity contribution in [3.05, 3.63) is 71.2 Å². The summed E-state index contributed by atoms with van der Waals surface area (Å²) in [6.45, 7) is 3.18. The van der Waals surface area contributed by atoms with Crippen LogP contribution in [0.15, 0.2) is 60.0 Å². The van der Waals surface area contributed by atoms with Crippen molar-refractivity contribution in [1.29, 1.82) is 0 Å². The number of nitrogens with one attached hydrogen (secondary N) is 1. The molecule has 1 aromatic heterocycles. The summed E-state index contributed by atoms with van der Waals surface area (Å²) >= 11 is 1.63. The second kappa shape index (κ2) is 9.15. The average Bonchev–Trinajstić information content (AvgIpc) is 3.13. The lowest BCUT2D eigenvalue weighted by molar-refractivity contribution is -0.120. The van der Waals surface area contributed by atoms with Gasteiger partial charge in [-0.15, -0.1) is 11.3 Å². The number of carbonyl (C=O) groups excluding carboxylic acids is 1. The van der Waals surface area contributed by atoms with Crippen molar-refractivity contribution in [2.24, 2.45) is 0 Å². The fourth-order valence-corrected chi connectivity index (χ4v) is 3.44. The molecule has 0 unspecified atom stereocenters. The predicted molar refractivity (Wildman–Crippen MR) is 106 cm³/mol. The Morgan fingerprint density at radius 2 is 1.88 bits per heavy atom. The Labute approximate surface area is 157 Å². The average molecular weight is 366 g/mol. The molecule has 1 heterocycles. The molecule has 5 heteroatoms. The number of carbonyl (C=O) groups is 1. The zero-order valence-corrected chi connectivity index (χ0v) is 15.6. The smallest absolute Gasteiger partial charge is 0.224 e. The van der Waals surface area contributed by atoms with Gasteiger partial charge in [0.1, 0.15) is 10.8 Å². The van der Waals surface area contributed by atoms with E-state index < -0.39 is 0 Å². The van der Waals surface area contributed by atoms with Gasteiger partial charge in [-0.1, -0.05) is 42.5 Å². The van der Waals surface area contributed by atoms with Gasteiger partial charge in [-0.2, -0.15) is 0 Å². The second-order valence-corrected chi connectivity index (χ2v) is 6.72. The molecule has 0 saturated heterocycles. The van der Waals surface area contributed by atoms with Crippen LogP contribution in [-0.2, 0) is 17.6 Å². The van der Waals surface area contributed by atoms with Crippen molar-refractivity contribution >= 4 is 17.2 Å². The summed E-state index contributed by atoms with van der Waals surface area (Å²) in [5, 5.41) is 6.03. The molecule has 0 atom stereocenters. The van der Waals surface area contributed by atoms with Gasteiger partial charge in [0.15, 0.2) is 0 Å². The summed E-state index contributed by atoms with van der Waals surface area (Å²) in [7, 11) is 0. The number of aromatic nitrogens is 1. The maximum absolute atomic E-state index is 12.1. The predicted octanol–water partition coefficient (Wildman–Crippen LogP) is 4.11. The molecule has 1 N–H and O–H groups in total. The van der Waals surface area contributed by atoms with Crippen molar-refractivity contribution in [2.75, 3.05) is 13.2 Å². The van der Waals surface area contributed by atoms with Crippen LogP contribution >= 0.6 is 11.3 Å². The molecule has 0 bridgehead atoms. The van der Waals surface area contributed by atoms with E-state index in [-0.39, 0.29) is 5.91 Å². The second-order valence-electron chi connectivity index (χ2n) is 5.86. The first kappa shape index (κ1) is 18.1. The quantitative estimate of drug-likeness (QED) is 0.653. The first-order valence-corrected chi connectivity index (χ1v) is 9.61. The van der Waals surface area contributed by atoms with Crippen LogP contribution in [0.4, 0.5) is 0 Å². The fourth-order valence-electron chi connectivity index (χ4n) is 2.58. The number of benzene rings is 2. The molecule has 4 nitrogen and oxygen atoms in total. The highest BCUT2D eigenvalue weighted by molar-refractivity contribution is 7.13. The van der Waals surface area contributed by atoms with E-state index in [2.05, 4.69) is 27.8 Å². The minimum absolute atomic E-state index is 0.0210. The van der Waals surface area contributed by atoms with E-state index in [1.54, 1.807) is 11.3 Å². The van der Waals surface area contributed by atoms with Crippen LogP contribution in [0, 0.1) is 0 Å². The molecule has 0 aliphatic heterocycles. The van der Waals surface area contributed by atoms with E-state index in [4.69, 9.17) is 4.74 Å². The van der Waals surface area contributed by atoms with Gasteiger partial charge in [0.25, 0.3) is 0 Å². The van der Waals surface area contributed by atoms with Crippen molar-refractivity contribution in [2.45, 2.75) is 19.8 Å². The third kappa shape index (κ3) is 5.17. The minimum Gasteiger partial charge on any atom is -0.494 e. The highest BCUT2D eigenvalue weighted by atomic mass is 32.1.